The quantitative estimate of drug-likeness (QED) is 0.752. The monoisotopic (exact) mass is 288 g/mol. The van der Waals surface area contributed by atoms with Gasteiger partial charge in [-0.1, -0.05) is 18.5 Å². The van der Waals surface area contributed by atoms with Gasteiger partial charge in [0.1, 0.15) is 0 Å². The minimum absolute atomic E-state index is 0.290. The van der Waals surface area contributed by atoms with Crippen molar-refractivity contribution in [2.45, 2.75) is 58.4 Å². The molecular formula is C14H22Cl2N2. The van der Waals surface area contributed by atoms with Crippen LogP contribution in [0.4, 0.5) is 0 Å². The summed E-state index contributed by atoms with van der Waals surface area (Å²) in [4.78, 5) is 0. The summed E-state index contributed by atoms with van der Waals surface area (Å²) >= 11 is 12.8. The van der Waals surface area contributed by atoms with Crippen molar-refractivity contribution in [1.29, 1.82) is 0 Å². The summed E-state index contributed by atoms with van der Waals surface area (Å²) in [5, 5.41) is 5.60. The van der Waals surface area contributed by atoms with Gasteiger partial charge in [0.15, 0.2) is 0 Å². The van der Waals surface area contributed by atoms with Gasteiger partial charge >= 0.3 is 0 Å². The standard InChI is InChI=1S/C14H22Cl2N2/c1-4-18-13(14(16)10(3)17-18)8-11-7-9(2)5-6-12(11)15/h9,11-12H,4-8H2,1-3H3. The zero-order valence-electron chi connectivity index (χ0n) is 11.4. The van der Waals surface area contributed by atoms with E-state index in [1.54, 1.807) is 0 Å². The summed E-state index contributed by atoms with van der Waals surface area (Å²) in [7, 11) is 0. The Morgan fingerprint density at radius 1 is 1.39 bits per heavy atom. The van der Waals surface area contributed by atoms with E-state index in [9.17, 15) is 0 Å². The zero-order valence-corrected chi connectivity index (χ0v) is 12.9. The van der Waals surface area contributed by atoms with Crippen LogP contribution in [0.25, 0.3) is 0 Å². The molecule has 1 aliphatic rings. The molecule has 0 radical (unpaired) electrons. The van der Waals surface area contributed by atoms with Crippen LogP contribution in [0.3, 0.4) is 0 Å². The van der Waals surface area contributed by atoms with Gasteiger partial charge in [-0.05, 0) is 51.4 Å². The molecule has 1 fully saturated rings. The first-order valence-electron chi connectivity index (χ1n) is 6.88. The van der Waals surface area contributed by atoms with Crippen LogP contribution >= 0.6 is 23.2 Å². The number of hydrogen-bond acceptors (Lipinski definition) is 1. The molecule has 0 saturated heterocycles. The largest absolute Gasteiger partial charge is 0.268 e. The molecule has 1 saturated carbocycles. The van der Waals surface area contributed by atoms with Crippen molar-refractivity contribution >= 4 is 23.2 Å². The molecule has 0 N–H and O–H groups in total. The van der Waals surface area contributed by atoms with E-state index < -0.39 is 0 Å². The average molecular weight is 289 g/mol. The Bertz CT molecular complexity index is 414. The number of aromatic nitrogens is 2. The Morgan fingerprint density at radius 2 is 2.11 bits per heavy atom. The molecule has 1 aliphatic carbocycles. The highest BCUT2D eigenvalue weighted by Gasteiger charge is 2.29. The van der Waals surface area contributed by atoms with Crippen LogP contribution in [0.15, 0.2) is 0 Å². The highest BCUT2D eigenvalue weighted by Crippen LogP contribution is 2.36. The summed E-state index contributed by atoms with van der Waals surface area (Å²) in [6.45, 7) is 7.27. The summed E-state index contributed by atoms with van der Waals surface area (Å²) in [5.74, 6) is 1.32. The molecular weight excluding hydrogens is 267 g/mol. The predicted octanol–water partition coefficient (Wildman–Crippen LogP) is 4.45. The number of nitrogens with zero attached hydrogens (tertiary/aromatic N) is 2. The van der Waals surface area contributed by atoms with Gasteiger partial charge in [-0.3, -0.25) is 4.68 Å². The lowest BCUT2D eigenvalue weighted by molar-refractivity contribution is 0.283. The van der Waals surface area contributed by atoms with E-state index in [2.05, 4.69) is 18.9 Å². The maximum atomic E-state index is 6.48. The van der Waals surface area contributed by atoms with Crippen molar-refractivity contribution in [1.82, 2.24) is 9.78 Å². The van der Waals surface area contributed by atoms with Crippen LogP contribution in [0.2, 0.25) is 5.02 Å². The van der Waals surface area contributed by atoms with Crippen LogP contribution < -0.4 is 0 Å². The van der Waals surface area contributed by atoms with Crippen LogP contribution in [0, 0.1) is 18.8 Å². The third kappa shape index (κ3) is 2.85. The lowest BCUT2D eigenvalue weighted by Crippen LogP contribution is -2.27. The first-order chi connectivity index (χ1) is 8.52. The molecule has 1 aromatic heterocycles. The summed E-state index contributed by atoms with van der Waals surface area (Å²) < 4.78 is 2.03. The molecule has 1 aromatic rings. The van der Waals surface area contributed by atoms with Crippen molar-refractivity contribution in [3.63, 3.8) is 0 Å². The number of halogens is 2. The maximum Gasteiger partial charge on any atom is 0.0847 e. The average Bonchev–Trinajstić information content (AvgIpc) is 2.61. The second-order valence-corrected chi connectivity index (χ2v) is 6.50. The summed E-state index contributed by atoms with van der Waals surface area (Å²) in [6, 6.07) is 0. The van der Waals surface area contributed by atoms with Crippen LogP contribution in [-0.4, -0.2) is 15.2 Å². The zero-order chi connectivity index (χ0) is 13.3. The van der Waals surface area contributed by atoms with Crippen molar-refractivity contribution in [2.75, 3.05) is 0 Å². The molecule has 0 amide bonds. The molecule has 3 unspecified atom stereocenters. The molecule has 2 rings (SSSR count). The van der Waals surface area contributed by atoms with Crippen LogP contribution in [0.1, 0.15) is 44.5 Å². The highest BCUT2D eigenvalue weighted by atomic mass is 35.5. The van der Waals surface area contributed by atoms with Gasteiger partial charge in [-0.25, -0.2) is 0 Å². The lowest BCUT2D eigenvalue weighted by atomic mass is 9.80. The molecule has 0 aromatic carbocycles. The molecule has 3 atom stereocenters. The minimum Gasteiger partial charge on any atom is -0.268 e. The molecule has 0 bridgehead atoms. The van der Waals surface area contributed by atoms with Gasteiger partial charge < -0.3 is 0 Å². The van der Waals surface area contributed by atoms with Gasteiger partial charge in [0, 0.05) is 11.9 Å². The number of hydrogen-bond donors (Lipinski definition) is 0. The van der Waals surface area contributed by atoms with Gasteiger partial charge in [0.05, 0.1) is 16.4 Å². The Balaban J connectivity index is 2.17. The molecule has 2 nitrogen and oxygen atoms in total. The van der Waals surface area contributed by atoms with E-state index in [0.29, 0.717) is 5.92 Å². The van der Waals surface area contributed by atoms with E-state index in [1.807, 2.05) is 11.6 Å². The van der Waals surface area contributed by atoms with Crippen molar-refractivity contribution in [3.05, 3.63) is 16.4 Å². The fourth-order valence-electron chi connectivity index (χ4n) is 2.99. The summed E-state index contributed by atoms with van der Waals surface area (Å²) in [6.07, 6.45) is 4.55. The number of rotatable bonds is 3. The minimum atomic E-state index is 0.290. The Kier molecular flexibility index (Phi) is 4.60. The number of aryl methyl sites for hydroxylation is 2. The van der Waals surface area contributed by atoms with Crippen molar-refractivity contribution in [3.8, 4) is 0 Å². The highest BCUT2D eigenvalue weighted by molar-refractivity contribution is 6.31. The van der Waals surface area contributed by atoms with E-state index in [-0.39, 0.29) is 5.38 Å². The van der Waals surface area contributed by atoms with Crippen molar-refractivity contribution < 1.29 is 0 Å². The lowest BCUT2D eigenvalue weighted by Gasteiger charge is -2.31. The molecule has 102 valence electrons. The van der Waals surface area contributed by atoms with E-state index >= 15 is 0 Å². The first-order valence-corrected chi connectivity index (χ1v) is 7.70. The smallest absolute Gasteiger partial charge is 0.0847 e. The van der Waals surface area contributed by atoms with Crippen molar-refractivity contribution in [2.24, 2.45) is 11.8 Å². The molecule has 4 heteroatoms. The predicted molar refractivity (Wildman–Crippen MR) is 77.5 cm³/mol. The third-order valence-corrected chi connectivity index (χ3v) is 5.13. The normalized spacial score (nSPS) is 28.6. The maximum absolute atomic E-state index is 6.48. The SMILES string of the molecule is CCn1nc(C)c(Cl)c1CC1CC(C)CCC1Cl. The second kappa shape index (κ2) is 5.83. The van der Waals surface area contributed by atoms with E-state index in [4.69, 9.17) is 23.2 Å². The third-order valence-electron chi connectivity index (χ3n) is 4.06. The second-order valence-electron chi connectivity index (χ2n) is 5.56. The summed E-state index contributed by atoms with van der Waals surface area (Å²) in [5.41, 5.74) is 2.10. The van der Waals surface area contributed by atoms with Gasteiger partial charge in [0.25, 0.3) is 0 Å². The van der Waals surface area contributed by atoms with Gasteiger partial charge in [-0.15, -0.1) is 11.6 Å². The van der Waals surface area contributed by atoms with E-state index in [0.717, 1.165) is 36.0 Å². The fourth-order valence-corrected chi connectivity index (χ4v) is 3.52. The number of alkyl halides is 1. The Morgan fingerprint density at radius 3 is 2.78 bits per heavy atom. The first kappa shape index (κ1) is 14.2. The Hall–Kier alpha value is -0.210. The molecule has 0 spiro atoms. The topological polar surface area (TPSA) is 17.8 Å². The van der Waals surface area contributed by atoms with Crippen LogP contribution in [-0.2, 0) is 13.0 Å². The Labute approximate surface area is 120 Å². The fraction of sp³-hybridized carbons (Fsp3) is 0.786. The molecule has 0 aliphatic heterocycles. The van der Waals surface area contributed by atoms with E-state index in [1.165, 1.54) is 18.5 Å². The van der Waals surface area contributed by atoms with Crippen LogP contribution in [0.5, 0.6) is 0 Å². The molecule has 1 heterocycles. The molecule has 18 heavy (non-hydrogen) atoms. The van der Waals surface area contributed by atoms with Gasteiger partial charge in [0.2, 0.25) is 0 Å². The van der Waals surface area contributed by atoms with Gasteiger partial charge in [-0.2, -0.15) is 5.10 Å².